The smallest absolute Gasteiger partial charge is 0.165 e. The Kier molecular flexibility index (Phi) is 4.34. The summed E-state index contributed by atoms with van der Waals surface area (Å²) >= 11 is 0. The van der Waals surface area contributed by atoms with Crippen LogP contribution in [0, 0.1) is 5.82 Å². The first kappa shape index (κ1) is 12.3. The number of likely N-dealkylation sites (N-methyl/N-ethyl adjacent to an activating group) is 1. The molecular formula is C13H19FN2O. The minimum atomic E-state index is -0.286. The van der Waals surface area contributed by atoms with Crippen molar-refractivity contribution >= 4 is 0 Å². The predicted octanol–water partition coefficient (Wildman–Crippen LogP) is 1.45. The van der Waals surface area contributed by atoms with Crippen molar-refractivity contribution in [2.75, 3.05) is 46.4 Å². The first-order chi connectivity index (χ1) is 8.25. The fourth-order valence-electron chi connectivity index (χ4n) is 1.92. The maximum absolute atomic E-state index is 13.3. The highest BCUT2D eigenvalue weighted by atomic mass is 19.1. The summed E-state index contributed by atoms with van der Waals surface area (Å²) < 4.78 is 18.7. The fourth-order valence-corrected chi connectivity index (χ4v) is 1.92. The zero-order chi connectivity index (χ0) is 12.1. The molecular weight excluding hydrogens is 219 g/mol. The van der Waals surface area contributed by atoms with Crippen molar-refractivity contribution in [3.63, 3.8) is 0 Å². The SMILES string of the molecule is CN1CCN(CCOc2ccccc2F)CC1. The maximum Gasteiger partial charge on any atom is 0.165 e. The molecule has 0 spiro atoms. The van der Waals surface area contributed by atoms with Crippen LogP contribution in [0.3, 0.4) is 0 Å². The molecule has 0 atom stereocenters. The summed E-state index contributed by atoms with van der Waals surface area (Å²) in [6.07, 6.45) is 0. The first-order valence-corrected chi connectivity index (χ1v) is 6.04. The van der Waals surface area contributed by atoms with Crippen molar-refractivity contribution in [1.29, 1.82) is 0 Å². The van der Waals surface area contributed by atoms with E-state index in [0.29, 0.717) is 12.4 Å². The second kappa shape index (κ2) is 5.98. The average molecular weight is 238 g/mol. The molecule has 0 amide bonds. The van der Waals surface area contributed by atoms with Crippen LogP contribution in [0.5, 0.6) is 5.75 Å². The molecule has 0 radical (unpaired) electrons. The van der Waals surface area contributed by atoms with Gasteiger partial charge in [-0.1, -0.05) is 12.1 Å². The average Bonchev–Trinajstić information content (AvgIpc) is 2.34. The molecule has 0 saturated carbocycles. The van der Waals surface area contributed by atoms with Crippen LogP contribution < -0.4 is 4.74 Å². The van der Waals surface area contributed by atoms with E-state index in [1.165, 1.54) is 6.07 Å². The van der Waals surface area contributed by atoms with E-state index >= 15 is 0 Å². The summed E-state index contributed by atoms with van der Waals surface area (Å²) in [6.45, 7) is 5.74. The van der Waals surface area contributed by atoms with Gasteiger partial charge in [0.1, 0.15) is 6.61 Å². The number of hydrogen-bond donors (Lipinski definition) is 0. The Morgan fingerprint density at radius 3 is 2.59 bits per heavy atom. The normalized spacial score (nSPS) is 18.2. The minimum absolute atomic E-state index is 0.286. The molecule has 0 aromatic heterocycles. The molecule has 1 aliphatic heterocycles. The Morgan fingerprint density at radius 2 is 1.88 bits per heavy atom. The van der Waals surface area contributed by atoms with Crippen molar-refractivity contribution in [3.8, 4) is 5.75 Å². The number of rotatable bonds is 4. The molecule has 2 rings (SSSR count). The lowest BCUT2D eigenvalue weighted by molar-refractivity contribution is 0.132. The zero-order valence-electron chi connectivity index (χ0n) is 10.2. The van der Waals surface area contributed by atoms with Gasteiger partial charge in [0, 0.05) is 32.7 Å². The van der Waals surface area contributed by atoms with Gasteiger partial charge in [-0.3, -0.25) is 4.90 Å². The highest BCUT2D eigenvalue weighted by Crippen LogP contribution is 2.15. The largest absolute Gasteiger partial charge is 0.489 e. The van der Waals surface area contributed by atoms with Crippen molar-refractivity contribution < 1.29 is 9.13 Å². The Bertz CT molecular complexity index is 351. The highest BCUT2D eigenvalue weighted by Gasteiger charge is 2.13. The van der Waals surface area contributed by atoms with Gasteiger partial charge in [0.25, 0.3) is 0 Å². The summed E-state index contributed by atoms with van der Waals surface area (Å²) in [7, 11) is 2.13. The number of halogens is 1. The highest BCUT2D eigenvalue weighted by molar-refractivity contribution is 5.23. The number of nitrogens with zero attached hydrogens (tertiary/aromatic N) is 2. The third kappa shape index (κ3) is 3.68. The van der Waals surface area contributed by atoms with Crippen molar-refractivity contribution in [1.82, 2.24) is 9.80 Å². The van der Waals surface area contributed by atoms with Gasteiger partial charge in [-0.05, 0) is 19.2 Å². The fraction of sp³-hybridized carbons (Fsp3) is 0.538. The molecule has 94 valence electrons. The molecule has 1 aromatic carbocycles. The summed E-state index contributed by atoms with van der Waals surface area (Å²) in [4.78, 5) is 4.66. The molecule has 0 bridgehead atoms. The van der Waals surface area contributed by atoms with Crippen molar-refractivity contribution in [2.45, 2.75) is 0 Å². The van der Waals surface area contributed by atoms with E-state index in [1.807, 2.05) is 0 Å². The van der Waals surface area contributed by atoms with Gasteiger partial charge in [-0.15, -0.1) is 0 Å². The van der Waals surface area contributed by atoms with Crippen LogP contribution in [-0.4, -0.2) is 56.2 Å². The minimum Gasteiger partial charge on any atom is -0.489 e. The molecule has 0 N–H and O–H groups in total. The third-order valence-electron chi connectivity index (χ3n) is 3.10. The Hall–Kier alpha value is -1.13. The summed E-state index contributed by atoms with van der Waals surface area (Å²) in [6, 6.07) is 6.54. The van der Waals surface area contributed by atoms with Crippen molar-refractivity contribution in [3.05, 3.63) is 30.1 Å². The van der Waals surface area contributed by atoms with E-state index in [-0.39, 0.29) is 5.82 Å². The molecule has 4 heteroatoms. The standard InChI is InChI=1S/C13H19FN2O/c1-15-6-8-16(9-7-15)10-11-17-13-5-3-2-4-12(13)14/h2-5H,6-11H2,1H3. The van der Waals surface area contributed by atoms with Gasteiger partial charge in [0.15, 0.2) is 11.6 Å². The number of ether oxygens (including phenoxy) is 1. The second-order valence-corrected chi connectivity index (χ2v) is 4.42. The third-order valence-corrected chi connectivity index (χ3v) is 3.10. The monoisotopic (exact) mass is 238 g/mol. The van der Waals surface area contributed by atoms with E-state index in [0.717, 1.165) is 32.7 Å². The van der Waals surface area contributed by atoms with Crippen LogP contribution in [0.25, 0.3) is 0 Å². The Labute approximate surface area is 102 Å². The van der Waals surface area contributed by atoms with Gasteiger partial charge in [0.2, 0.25) is 0 Å². The lowest BCUT2D eigenvalue weighted by Gasteiger charge is -2.32. The Balaban J connectivity index is 1.71. The number of para-hydroxylation sites is 1. The second-order valence-electron chi connectivity index (χ2n) is 4.42. The first-order valence-electron chi connectivity index (χ1n) is 6.04. The van der Waals surface area contributed by atoms with E-state index in [1.54, 1.807) is 18.2 Å². The van der Waals surface area contributed by atoms with E-state index in [2.05, 4.69) is 16.8 Å². The Morgan fingerprint density at radius 1 is 1.18 bits per heavy atom. The lowest BCUT2D eigenvalue weighted by Crippen LogP contribution is -2.45. The van der Waals surface area contributed by atoms with Gasteiger partial charge in [-0.25, -0.2) is 4.39 Å². The van der Waals surface area contributed by atoms with Crippen LogP contribution in [0.2, 0.25) is 0 Å². The van der Waals surface area contributed by atoms with Crippen LogP contribution in [0.4, 0.5) is 4.39 Å². The molecule has 3 nitrogen and oxygen atoms in total. The van der Waals surface area contributed by atoms with E-state index in [9.17, 15) is 4.39 Å². The van der Waals surface area contributed by atoms with Crippen LogP contribution in [0.15, 0.2) is 24.3 Å². The molecule has 1 heterocycles. The van der Waals surface area contributed by atoms with Gasteiger partial charge in [0.05, 0.1) is 0 Å². The molecule has 1 fully saturated rings. The molecule has 0 aliphatic carbocycles. The zero-order valence-corrected chi connectivity index (χ0v) is 10.2. The number of hydrogen-bond acceptors (Lipinski definition) is 3. The number of piperazine rings is 1. The molecule has 1 aromatic rings. The van der Waals surface area contributed by atoms with Crippen LogP contribution in [0.1, 0.15) is 0 Å². The number of benzene rings is 1. The summed E-state index contributed by atoms with van der Waals surface area (Å²) in [5.41, 5.74) is 0. The topological polar surface area (TPSA) is 15.7 Å². The molecule has 17 heavy (non-hydrogen) atoms. The lowest BCUT2D eigenvalue weighted by atomic mass is 10.3. The predicted molar refractivity (Wildman–Crippen MR) is 65.8 cm³/mol. The van der Waals surface area contributed by atoms with E-state index in [4.69, 9.17) is 4.74 Å². The maximum atomic E-state index is 13.3. The summed E-state index contributed by atoms with van der Waals surface area (Å²) in [5.74, 6) is 0.0625. The van der Waals surface area contributed by atoms with Gasteiger partial charge in [-0.2, -0.15) is 0 Å². The quantitative estimate of drug-likeness (QED) is 0.789. The molecule has 1 aliphatic rings. The van der Waals surface area contributed by atoms with Crippen molar-refractivity contribution in [2.24, 2.45) is 0 Å². The van der Waals surface area contributed by atoms with Gasteiger partial charge < -0.3 is 9.64 Å². The molecule has 0 unspecified atom stereocenters. The molecule has 1 saturated heterocycles. The van der Waals surface area contributed by atoms with Crippen LogP contribution in [-0.2, 0) is 0 Å². The van der Waals surface area contributed by atoms with Crippen LogP contribution >= 0.6 is 0 Å². The summed E-state index contributed by atoms with van der Waals surface area (Å²) in [5, 5.41) is 0. The van der Waals surface area contributed by atoms with E-state index < -0.39 is 0 Å². The van der Waals surface area contributed by atoms with Gasteiger partial charge >= 0.3 is 0 Å².